The number of nitrogens with one attached hydrogen (secondary N) is 1. The van der Waals surface area contributed by atoms with Crippen LogP contribution >= 0.6 is 0 Å². The molecule has 0 atom stereocenters. The number of morpholine rings is 1. The minimum absolute atomic E-state index is 0.0243. The first-order chi connectivity index (χ1) is 13.7. The van der Waals surface area contributed by atoms with E-state index in [1.54, 1.807) is 6.20 Å². The van der Waals surface area contributed by atoms with E-state index >= 15 is 0 Å². The molecule has 146 valence electrons. The average Bonchev–Trinajstić information content (AvgIpc) is 3.11. The highest BCUT2D eigenvalue weighted by Crippen LogP contribution is 2.20. The molecular weight excluding hydrogens is 352 g/mol. The van der Waals surface area contributed by atoms with E-state index in [4.69, 9.17) is 4.74 Å². The Hall–Kier alpha value is -2.86. The Balaban J connectivity index is 1.36. The molecule has 1 saturated heterocycles. The Morgan fingerprint density at radius 3 is 2.71 bits per heavy atom. The first kappa shape index (κ1) is 18.5. The number of aromatic nitrogens is 2. The third-order valence-corrected chi connectivity index (χ3v) is 5.21. The van der Waals surface area contributed by atoms with Gasteiger partial charge in [0.1, 0.15) is 5.65 Å². The second-order valence-corrected chi connectivity index (χ2v) is 7.03. The van der Waals surface area contributed by atoms with Crippen molar-refractivity contribution in [1.82, 2.24) is 14.9 Å². The lowest BCUT2D eigenvalue weighted by molar-refractivity contribution is -0.120. The summed E-state index contributed by atoms with van der Waals surface area (Å²) in [6, 6.07) is 12.3. The number of hydrogen-bond donors (Lipinski definition) is 1. The predicted octanol–water partition coefficient (Wildman–Crippen LogP) is 2.75. The lowest BCUT2D eigenvalue weighted by Crippen LogP contribution is -2.36. The van der Waals surface area contributed by atoms with E-state index in [2.05, 4.69) is 51.0 Å². The van der Waals surface area contributed by atoms with Crippen molar-refractivity contribution in [3.05, 3.63) is 59.9 Å². The van der Waals surface area contributed by atoms with E-state index in [1.807, 2.05) is 18.3 Å². The van der Waals surface area contributed by atoms with Crippen molar-refractivity contribution in [3.8, 4) is 0 Å². The van der Waals surface area contributed by atoms with Crippen molar-refractivity contribution in [2.75, 3.05) is 31.2 Å². The molecule has 1 N–H and O–H groups in total. The molecule has 1 fully saturated rings. The summed E-state index contributed by atoms with van der Waals surface area (Å²) in [5.74, 6) is 0.0243. The Bertz CT molecular complexity index is 943. The van der Waals surface area contributed by atoms with Gasteiger partial charge in [0.15, 0.2) is 0 Å². The maximum absolute atomic E-state index is 12.5. The first-order valence-corrected chi connectivity index (χ1v) is 9.85. The number of anilines is 1. The molecule has 4 rings (SSSR count). The van der Waals surface area contributed by atoms with Gasteiger partial charge in [-0.2, -0.15) is 0 Å². The van der Waals surface area contributed by atoms with Gasteiger partial charge in [-0.15, -0.1) is 0 Å². The second kappa shape index (κ2) is 8.44. The molecule has 3 heterocycles. The van der Waals surface area contributed by atoms with E-state index in [0.717, 1.165) is 55.0 Å². The molecule has 3 aromatic rings. The van der Waals surface area contributed by atoms with Crippen LogP contribution in [0.1, 0.15) is 18.1 Å². The molecule has 6 heteroatoms. The molecule has 2 aromatic heterocycles. The minimum Gasteiger partial charge on any atom is -0.378 e. The van der Waals surface area contributed by atoms with Gasteiger partial charge in [-0.25, -0.2) is 4.98 Å². The van der Waals surface area contributed by atoms with Gasteiger partial charge in [-0.3, -0.25) is 4.79 Å². The third-order valence-electron chi connectivity index (χ3n) is 5.21. The number of hydrogen-bond acceptors (Lipinski definition) is 4. The van der Waals surface area contributed by atoms with Crippen molar-refractivity contribution < 1.29 is 9.53 Å². The monoisotopic (exact) mass is 378 g/mol. The summed E-state index contributed by atoms with van der Waals surface area (Å²) >= 11 is 0. The Kier molecular flexibility index (Phi) is 5.58. The molecule has 0 spiro atoms. The van der Waals surface area contributed by atoms with Gasteiger partial charge in [-0.1, -0.05) is 12.1 Å². The van der Waals surface area contributed by atoms with Crippen LogP contribution in [0.3, 0.4) is 0 Å². The van der Waals surface area contributed by atoms with E-state index in [-0.39, 0.29) is 5.91 Å². The number of aryl methyl sites for hydroxylation is 1. The lowest BCUT2D eigenvalue weighted by atomic mass is 10.1. The van der Waals surface area contributed by atoms with Crippen LogP contribution in [0.2, 0.25) is 0 Å². The number of pyridine rings is 1. The van der Waals surface area contributed by atoms with Crippen molar-refractivity contribution in [1.29, 1.82) is 0 Å². The van der Waals surface area contributed by atoms with Crippen molar-refractivity contribution in [2.24, 2.45) is 0 Å². The van der Waals surface area contributed by atoms with Crippen molar-refractivity contribution >= 4 is 22.6 Å². The SMILES string of the molecule is CCn1cc(CC(=O)NCc2ccc(N3CCOCC3)cc2)c2cccnc21. The molecule has 0 radical (unpaired) electrons. The number of ether oxygens (including phenoxy) is 1. The molecule has 1 aliphatic heterocycles. The summed E-state index contributed by atoms with van der Waals surface area (Å²) in [4.78, 5) is 19.2. The topological polar surface area (TPSA) is 59.4 Å². The number of carbonyl (C=O) groups excluding carboxylic acids is 1. The van der Waals surface area contributed by atoms with Crippen LogP contribution in [0.4, 0.5) is 5.69 Å². The van der Waals surface area contributed by atoms with Gasteiger partial charge in [0, 0.05) is 49.6 Å². The summed E-state index contributed by atoms with van der Waals surface area (Å²) in [6.07, 6.45) is 4.19. The summed E-state index contributed by atoms with van der Waals surface area (Å²) in [5, 5.41) is 4.09. The van der Waals surface area contributed by atoms with Gasteiger partial charge in [0.2, 0.25) is 5.91 Å². The summed E-state index contributed by atoms with van der Waals surface area (Å²) in [5.41, 5.74) is 4.26. The van der Waals surface area contributed by atoms with Crippen molar-refractivity contribution in [2.45, 2.75) is 26.4 Å². The first-order valence-electron chi connectivity index (χ1n) is 9.85. The lowest BCUT2D eigenvalue weighted by Gasteiger charge is -2.28. The van der Waals surface area contributed by atoms with Crippen LogP contribution in [-0.4, -0.2) is 41.8 Å². The summed E-state index contributed by atoms with van der Waals surface area (Å²) in [7, 11) is 0. The fourth-order valence-corrected chi connectivity index (χ4v) is 3.66. The molecule has 0 bridgehead atoms. The van der Waals surface area contributed by atoms with Gasteiger partial charge in [-0.05, 0) is 42.3 Å². The second-order valence-electron chi connectivity index (χ2n) is 7.03. The smallest absolute Gasteiger partial charge is 0.224 e. The average molecular weight is 378 g/mol. The molecule has 0 unspecified atom stereocenters. The zero-order chi connectivity index (χ0) is 19.3. The molecule has 28 heavy (non-hydrogen) atoms. The number of benzene rings is 1. The maximum Gasteiger partial charge on any atom is 0.224 e. The number of rotatable bonds is 6. The molecule has 0 aliphatic carbocycles. The third kappa shape index (κ3) is 4.02. The predicted molar refractivity (Wildman–Crippen MR) is 110 cm³/mol. The van der Waals surface area contributed by atoms with E-state index in [1.165, 1.54) is 5.69 Å². The van der Waals surface area contributed by atoms with Crippen LogP contribution in [0.15, 0.2) is 48.8 Å². The van der Waals surface area contributed by atoms with Gasteiger partial charge in [0.05, 0.1) is 19.6 Å². The minimum atomic E-state index is 0.0243. The quantitative estimate of drug-likeness (QED) is 0.717. The van der Waals surface area contributed by atoms with E-state index < -0.39 is 0 Å². The van der Waals surface area contributed by atoms with Crippen LogP contribution in [-0.2, 0) is 29.0 Å². The largest absolute Gasteiger partial charge is 0.378 e. The highest BCUT2D eigenvalue weighted by atomic mass is 16.5. The van der Waals surface area contributed by atoms with E-state index in [0.29, 0.717) is 13.0 Å². The number of amides is 1. The molecule has 0 saturated carbocycles. The summed E-state index contributed by atoms with van der Waals surface area (Å²) in [6.45, 7) is 6.87. The van der Waals surface area contributed by atoms with Crippen LogP contribution in [0.25, 0.3) is 11.0 Å². The van der Waals surface area contributed by atoms with Gasteiger partial charge < -0.3 is 19.5 Å². The van der Waals surface area contributed by atoms with Crippen LogP contribution < -0.4 is 10.2 Å². The fourth-order valence-electron chi connectivity index (χ4n) is 3.66. The fraction of sp³-hybridized carbons (Fsp3) is 0.364. The van der Waals surface area contributed by atoms with Crippen molar-refractivity contribution in [3.63, 3.8) is 0 Å². The Labute approximate surface area is 165 Å². The molecule has 1 aliphatic rings. The molecule has 1 aromatic carbocycles. The maximum atomic E-state index is 12.5. The van der Waals surface area contributed by atoms with Gasteiger partial charge >= 0.3 is 0 Å². The Morgan fingerprint density at radius 2 is 1.96 bits per heavy atom. The number of nitrogens with zero attached hydrogens (tertiary/aromatic N) is 3. The number of fused-ring (bicyclic) bond motifs is 1. The zero-order valence-electron chi connectivity index (χ0n) is 16.2. The molecular formula is C22H26N4O2. The van der Waals surface area contributed by atoms with Crippen LogP contribution in [0, 0.1) is 0 Å². The highest BCUT2D eigenvalue weighted by molar-refractivity contribution is 5.87. The highest BCUT2D eigenvalue weighted by Gasteiger charge is 2.13. The van der Waals surface area contributed by atoms with Crippen LogP contribution in [0.5, 0.6) is 0 Å². The molecule has 1 amide bonds. The normalized spacial score (nSPS) is 14.4. The standard InChI is InChI=1S/C22H26N4O2/c1-2-25-16-18(20-4-3-9-23-22(20)25)14-21(27)24-15-17-5-7-19(8-6-17)26-10-12-28-13-11-26/h3-9,16H,2,10-15H2,1H3,(H,24,27). The summed E-state index contributed by atoms with van der Waals surface area (Å²) < 4.78 is 7.49. The Morgan fingerprint density at radius 1 is 1.18 bits per heavy atom. The van der Waals surface area contributed by atoms with Gasteiger partial charge in [0.25, 0.3) is 0 Å². The zero-order valence-corrected chi connectivity index (χ0v) is 16.2. The number of carbonyl (C=O) groups is 1. The van der Waals surface area contributed by atoms with E-state index in [9.17, 15) is 4.79 Å². The molecule has 6 nitrogen and oxygen atoms in total.